The van der Waals surface area contributed by atoms with Crippen molar-refractivity contribution < 1.29 is 0 Å². The van der Waals surface area contributed by atoms with Crippen molar-refractivity contribution in [2.24, 2.45) is 0 Å². The maximum Gasteiger partial charge on any atom is 0.0943 e. The van der Waals surface area contributed by atoms with Crippen molar-refractivity contribution in [3.63, 3.8) is 0 Å². The second kappa shape index (κ2) is 4.18. The van der Waals surface area contributed by atoms with Crippen LogP contribution in [0, 0.1) is 13.2 Å². The molecular weight excluding hydrogens is 228 g/mol. The summed E-state index contributed by atoms with van der Waals surface area (Å²) in [5.41, 5.74) is 0. The second-order valence-corrected chi connectivity index (χ2v) is 22.4. The second-order valence-electron chi connectivity index (χ2n) is 6.95. The fourth-order valence-corrected chi connectivity index (χ4v) is 18.5. The fourth-order valence-electron chi connectivity index (χ4n) is 2.02. The molecule has 0 N–H and O–H groups in total. The van der Waals surface area contributed by atoms with Crippen molar-refractivity contribution in [3.8, 4) is 0 Å². The molecule has 86 valence electrons. The molecule has 3 heteroatoms. The maximum atomic E-state index is 6.39. The molecular formula is C12H26Si3. The summed E-state index contributed by atoms with van der Waals surface area (Å²) in [6.07, 6.45) is 0. The van der Waals surface area contributed by atoms with Crippen LogP contribution in [0.4, 0.5) is 0 Å². The molecule has 0 aliphatic rings. The monoisotopic (exact) mass is 254 g/mol. The molecule has 0 spiro atoms. The summed E-state index contributed by atoms with van der Waals surface area (Å²) in [6.45, 7) is 31.3. The van der Waals surface area contributed by atoms with Gasteiger partial charge in [0, 0.05) is 0 Å². The van der Waals surface area contributed by atoms with E-state index in [9.17, 15) is 0 Å². The van der Waals surface area contributed by atoms with Crippen LogP contribution in [0.3, 0.4) is 0 Å². The van der Waals surface area contributed by atoms with E-state index in [2.05, 4.69) is 52.4 Å². The Morgan fingerprint density at radius 1 is 0.600 bits per heavy atom. The van der Waals surface area contributed by atoms with Crippen molar-refractivity contribution in [2.45, 2.75) is 52.4 Å². The third-order valence-electron chi connectivity index (χ3n) is 2.96. The zero-order valence-corrected chi connectivity index (χ0v) is 14.7. The molecule has 2 radical (unpaired) electrons. The van der Waals surface area contributed by atoms with Crippen LogP contribution in [0.1, 0.15) is 0 Å². The van der Waals surface area contributed by atoms with E-state index >= 15 is 0 Å². The average Bonchev–Trinajstić information content (AvgIpc) is 1.98. The van der Waals surface area contributed by atoms with Gasteiger partial charge in [0.15, 0.2) is 0 Å². The van der Waals surface area contributed by atoms with Gasteiger partial charge in [-0.2, -0.15) is 0 Å². The lowest BCUT2D eigenvalue weighted by Gasteiger charge is -2.39. The molecule has 0 atom stereocenters. The van der Waals surface area contributed by atoms with Crippen LogP contribution in [0.2, 0.25) is 52.4 Å². The smallest absolute Gasteiger partial charge is 0.0871 e. The molecule has 0 rings (SSSR count). The van der Waals surface area contributed by atoms with E-state index in [1.165, 1.54) is 9.64 Å². The van der Waals surface area contributed by atoms with Gasteiger partial charge in [-0.3, -0.25) is 0 Å². The molecule has 0 nitrogen and oxygen atoms in total. The molecule has 0 unspecified atom stereocenters. The van der Waals surface area contributed by atoms with E-state index < -0.39 is 24.2 Å². The summed E-state index contributed by atoms with van der Waals surface area (Å²) < 4.78 is 0. The minimum Gasteiger partial charge on any atom is -0.0871 e. The van der Waals surface area contributed by atoms with Gasteiger partial charge in [-0.05, 0) is 0 Å². The Hall–Kier alpha value is 0.131. The van der Waals surface area contributed by atoms with Gasteiger partial charge in [0.25, 0.3) is 0 Å². The summed E-state index contributed by atoms with van der Waals surface area (Å²) in [7, 11) is -4.39. The summed E-state index contributed by atoms with van der Waals surface area (Å²) in [5.74, 6) is 0. The largest absolute Gasteiger partial charge is 0.0943 e. The Bertz CT molecular complexity index is 246. The highest BCUT2D eigenvalue weighted by molar-refractivity contribution is 7.15. The van der Waals surface area contributed by atoms with Gasteiger partial charge in [-0.25, -0.2) is 0 Å². The lowest BCUT2D eigenvalue weighted by molar-refractivity contribution is 1.61. The first-order chi connectivity index (χ1) is 6.31. The Morgan fingerprint density at radius 2 is 0.800 bits per heavy atom. The van der Waals surface area contributed by atoms with Crippen molar-refractivity contribution in [1.82, 2.24) is 0 Å². The lowest BCUT2D eigenvalue weighted by Crippen LogP contribution is -2.49. The standard InChI is InChI=1S/C12H26Si3/c1-11(13(3,4)5)15(9,10)12(2)14(6,7)8/h1-2H,3-10H3. The summed E-state index contributed by atoms with van der Waals surface area (Å²) in [6, 6.07) is 0. The molecule has 15 heavy (non-hydrogen) atoms. The van der Waals surface area contributed by atoms with Gasteiger partial charge >= 0.3 is 0 Å². The minimum absolute atomic E-state index is 1.26. The first-order valence-electron chi connectivity index (χ1n) is 5.58. The van der Waals surface area contributed by atoms with Crippen molar-refractivity contribution >= 4 is 24.2 Å². The molecule has 0 aliphatic carbocycles. The van der Waals surface area contributed by atoms with Crippen LogP contribution >= 0.6 is 0 Å². The predicted molar refractivity (Wildman–Crippen MR) is 79.8 cm³/mol. The highest BCUT2D eigenvalue weighted by Gasteiger charge is 2.39. The zero-order chi connectivity index (χ0) is 12.7. The Kier molecular flexibility index (Phi) is 4.22. The highest BCUT2D eigenvalue weighted by Crippen LogP contribution is 2.32. The van der Waals surface area contributed by atoms with Crippen molar-refractivity contribution in [1.29, 1.82) is 0 Å². The molecule has 0 aromatic rings. The molecule has 0 aromatic heterocycles. The van der Waals surface area contributed by atoms with Gasteiger partial charge in [0.1, 0.15) is 0 Å². The number of hydrogen-bond acceptors (Lipinski definition) is 0. The molecule has 0 aromatic carbocycles. The molecule has 0 saturated carbocycles. The maximum absolute atomic E-state index is 6.39. The molecule has 0 bridgehead atoms. The van der Waals surface area contributed by atoms with Gasteiger partial charge in [0.05, 0.1) is 24.2 Å². The number of rotatable bonds is 4. The number of hydrogen-bond donors (Lipinski definition) is 0. The zero-order valence-electron chi connectivity index (χ0n) is 11.7. The van der Waals surface area contributed by atoms with E-state index in [-0.39, 0.29) is 0 Å². The van der Waals surface area contributed by atoms with E-state index in [0.717, 1.165) is 0 Å². The van der Waals surface area contributed by atoms with E-state index in [0.29, 0.717) is 0 Å². The first-order valence-corrected chi connectivity index (χ1v) is 15.6. The van der Waals surface area contributed by atoms with Gasteiger partial charge in [0.2, 0.25) is 0 Å². The van der Waals surface area contributed by atoms with Crippen LogP contribution < -0.4 is 0 Å². The minimum atomic E-state index is -1.67. The van der Waals surface area contributed by atoms with E-state index in [1.54, 1.807) is 0 Å². The first kappa shape index (κ1) is 15.1. The Labute approximate surface area is 99.5 Å². The van der Waals surface area contributed by atoms with Crippen LogP contribution in [-0.4, -0.2) is 24.2 Å². The molecule has 0 heterocycles. The molecule has 0 fully saturated rings. The molecule has 0 aliphatic heterocycles. The third-order valence-corrected chi connectivity index (χ3v) is 17.1. The Balaban J connectivity index is 5.18. The lowest BCUT2D eigenvalue weighted by atomic mass is 11.2. The summed E-state index contributed by atoms with van der Waals surface area (Å²) in [4.78, 5) is 2.52. The highest BCUT2D eigenvalue weighted by atomic mass is 28.4. The topological polar surface area (TPSA) is 0 Å². The predicted octanol–water partition coefficient (Wildman–Crippen LogP) is 4.25. The van der Waals surface area contributed by atoms with Gasteiger partial charge in [-0.15, -0.1) is 0 Å². The third kappa shape index (κ3) is 3.57. The quantitative estimate of drug-likeness (QED) is 0.658. The molecule has 0 amide bonds. The van der Waals surface area contributed by atoms with Gasteiger partial charge in [-0.1, -0.05) is 75.2 Å². The van der Waals surface area contributed by atoms with E-state index in [1.807, 2.05) is 0 Å². The van der Waals surface area contributed by atoms with Crippen LogP contribution in [0.25, 0.3) is 0 Å². The fraction of sp³-hybridized carbons (Fsp3) is 0.667. The van der Waals surface area contributed by atoms with E-state index in [4.69, 9.17) is 13.2 Å². The van der Waals surface area contributed by atoms with Crippen LogP contribution in [0.5, 0.6) is 0 Å². The van der Waals surface area contributed by atoms with Gasteiger partial charge < -0.3 is 0 Å². The van der Waals surface area contributed by atoms with Crippen LogP contribution in [0.15, 0.2) is 9.64 Å². The SMILES string of the molecule is [CH]=C([Si](C)(C)C)[Si](C)(C)C(=[CH])[Si](C)(C)C. The molecule has 0 saturated heterocycles. The summed E-state index contributed by atoms with van der Waals surface area (Å²) >= 11 is 0. The summed E-state index contributed by atoms with van der Waals surface area (Å²) in [5, 5.41) is 0. The average molecular weight is 255 g/mol. The van der Waals surface area contributed by atoms with Crippen molar-refractivity contribution in [3.05, 3.63) is 22.8 Å². The Morgan fingerprint density at radius 3 is 0.933 bits per heavy atom. The normalized spacial score (nSPS) is 13.9. The van der Waals surface area contributed by atoms with Crippen molar-refractivity contribution in [2.75, 3.05) is 0 Å². The van der Waals surface area contributed by atoms with Crippen LogP contribution in [-0.2, 0) is 0 Å².